The van der Waals surface area contributed by atoms with Crippen LogP contribution in [0.1, 0.15) is 29.9 Å². The van der Waals surface area contributed by atoms with Gasteiger partial charge in [0.1, 0.15) is 16.6 Å². The molecule has 3 atom stereocenters. The molecule has 3 rings (SSSR count). The highest BCUT2D eigenvalue weighted by atomic mass is 32.2. The molecule has 0 radical (unpaired) electrons. The average molecular weight is 652 g/mol. The van der Waals surface area contributed by atoms with E-state index in [1.54, 1.807) is 0 Å². The number of aromatic hydroxyl groups is 2. The molecule has 1 fully saturated rings. The summed E-state index contributed by atoms with van der Waals surface area (Å²) in [6.45, 7) is 2.36. The van der Waals surface area contributed by atoms with Crippen LogP contribution in [0.25, 0.3) is 0 Å². The quantitative estimate of drug-likeness (QED) is 0.0456. The number of phenolic OH excluding ortho intramolecular Hbond substituents is 2. The summed E-state index contributed by atoms with van der Waals surface area (Å²) >= 11 is 0.897. The standard InChI is InChI=1S/C19H21N7O13S3/c1-6-12(18(32)26(6)42(36,37)38)22-17(31)13(9-5-40-19(20)21-9)25-39-7(2)15(29)23-24-16(30)8-3-10(27)14(28)11(4-8)41(33,34)35/h3-7,12,27-28H,1-2H3,(H2,20,21)(H,22,31)(H,23,29)(H,24,30)(H,33,34,35)(H,36,37,38)/t6?,7-,12+/m1/s1. The maximum Gasteiger partial charge on any atom is 0.362 e. The fraction of sp³-hybridized carbons (Fsp3) is 0.263. The monoisotopic (exact) mass is 651 g/mol. The molecule has 228 valence electrons. The van der Waals surface area contributed by atoms with E-state index in [1.807, 2.05) is 10.9 Å². The molecule has 1 aromatic carbocycles. The van der Waals surface area contributed by atoms with Gasteiger partial charge in [0.2, 0.25) is 6.10 Å². The van der Waals surface area contributed by atoms with Gasteiger partial charge in [0, 0.05) is 10.9 Å². The summed E-state index contributed by atoms with van der Waals surface area (Å²) in [4.78, 5) is 57.4. The number of hydrogen-bond acceptors (Lipinski definition) is 15. The van der Waals surface area contributed by atoms with Crippen molar-refractivity contribution in [3.8, 4) is 11.5 Å². The Bertz CT molecular complexity index is 1700. The number of phenols is 2. The first-order chi connectivity index (χ1) is 19.3. The molecule has 0 spiro atoms. The molecule has 4 amide bonds. The Labute approximate surface area is 239 Å². The first-order valence-corrected chi connectivity index (χ1v) is 14.7. The van der Waals surface area contributed by atoms with Crippen LogP contribution in [-0.4, -0.2) is 93.0 Å². The fourth-order valence-electron chi connectivity index (χ4n) is 3.31. The van der Waals surface area contributed by atoms with E-state index in [2.05, 4.69) is 15.5 Å². The SMILES string of the molecule is CC1[C@H](NC(=O)C(=NO[C@H](C)C(=O)NNC(=O)c2cc(O)c(O)c(S(=O)(=O)O)c2)c2csc(N)n2)C(=O)N1S(=O)(=O)O. The van der Waals surface area contributed by atoms with E-state index in [0.29, 0.717) is 12.1 Å². The number of thiazole rings is 1. The molecule has 20 nitrogen and oxygen atoms in total. The van der Waals surface area contributed by atoms with Gasteiger partial charge in [-0.25, -0.2) is 9.29 Å². The first kappa shape index (κ1) is 31.9. The van der Waals surface area contributed by atoms with Crippen LogP contribution < -0.4 is 21.9 Å². The van der Waals surface area contributed by atoms with Gasteiger partial charge in [-0.3, -0.25) is 39.1 Å². The van der Waals surface area contributed by atoms with Crippen LogP contribution in [-0.2, 0) is 39.6 Å². The largest absolute Gasteiger partial charge is 0.504 e. The van der Waals surface area contributed by atoms with Crippen molar-refractivity contribution in [1.29, 1.82) is 0 Å². The summed E-state index contributed by atoms with van der Waals surface area (Å²) < 4.78 is 63.6. The molecule has 2 aromatic rings. The smallest absolute Gasteiger partial charge is 0.362 e. The number of amides is 4. The predicted octanol–water partition coefficient (Wildman–Crippen LogP) is -2.53. The van der Waals surface area contributed by atoms with Crippen LogP contribution in [0.2, 0.25) is 0 Å². The number of hydrazine groups is 1. The zero-order chi connectivity index (χ0) is 31.7. The number of nitrogens with one attached hydrogen (secondary N) is 3. The Kier molecular flexibility index (Phi) is 8.92. The molecule has 1 aliphatic rings. The Morgan fingerprint density at radius 1 is 1.17 bits per heavy atom. The van der Waals surface area contributed by atoms with E-state index >= 15 is 0 Å². The van der Waals surface area contributed by atoms with Gasteiger partial charge in [0.25, 0.3) is 33.7 Å². The Morgan fingerprint density at radius 2 is 1.81 bits per heavy atom. The Hall–Kier alpha value is -4.58. The topological polar surface area (TPSA) is 317 Å². The van der Waals surface area contributed by atoms with Crippen molar-refractivity contribution >= 4 is 66.2 Å². The molecule has 0 bridgehead atoms. The maximum absolute atomic E-state index is 12.9. The van der Waals surface area contributed by atoms with Gasteiger partial charge in [0.15, 0.2) is 22.3 Å². The van der Waals surface area contributed by atoms with Gasteiger partial charge in [-0.2, -0.15) is 16.8 Å². The Balaban J connectivity index is 1.70. The lowest BCUT2D eigenvalue weighted by Gasteiger charge is -2.42. The number of hydrogen-bond donors (Lipinski definition) is 8. The second kappa shape index (κ2) is 11.7. The number of carbonyl (C=O) groups excluding carboxylic acids is 4. The normalized spacial score (nSPS) is 18.0. The summed E-state index contributed by atoms with van der Waals surface area (Å²) in [6.07, 6.45) is -1.54. The zero-order valence-corrected chi connectivity index (χ0v) is 23.5. The first-order valence-electron chi connectivity index (χ1n) is 11.0. The molecule has 0 saturated carbocycles. The number of oxime groups is 1. The molecule has 9 N–H and O–H groups in total. The fourth-order valence-corrected chi connectivity index (χ4v) is 5.36. The van der Waals surface area contributed by atoms with Crippen molar-refractivity contribution in [1.82, 2.24) is 25.5 Å². The summed E-state index contributed by atoms with van der Waals surface area (Å²) in [6, 6.07) is -1.37. The molecule has 42 heavy (non-hydrogen) atoms. The van der Waals surface area contributed by atoms with E-state index in [4.69, 9.17) is 19.7 Å². The lowest BCUT2D eigenvalue weighted by Crippen LogP contribution is -2.71. The lowest BCUT2D eigenvalue weighted by atomic mass is 10.0. The van der Waals surface area contributed by atoms with E-state index in [0.717, 1.165) is 18.3 Å². The molecule has 1 unspecified atom stereocenters. The van der Waals surface area contributed by atoms with Crippen LogP contribution in [0.3, 0.4) is 0 Å². The average Bonchev–Trinajstić information content (AvgIpc) is 3.31. The minimum absolute atomic E-state index is 0.00191. The lowest BCUT2D eigenvalue weighted by molar-refractivity contribution is -0.143. The molecule has 23 heteroatoms. The number of aromatic nitrogens is 1. The number of nitrogen functional groups attached to an aromatic ring is 1. The number of nitrogens with zero attached hydrogens (tertiary/aromatic N) is 3. The van der Waals surface area contributed by atoms with Crippen LogP contribution in [0, 0.1) is 0 Å². The third kappa shape index (κ3) is 6.82. The van der Waals surface area contributed by atoms with E-state index < -0.39 is 89.9 Å². The van der Waals surface area contributed by atoms with Gasteiger partial charge >= 0.3 is 10.3 Å². The molecule has 1 aromatic heterocycles. The van der Waals surface area contributed by atoms with Gasteiger partial charge < -0.3 is 26.1 Å². The van der Waals surface area contributed by atoms with Crippen molar-refractivity contribution in [2.75, 3.05) is 5.73 Å². The highest BCUT2D eigenvalue weighted by Gasteiger charge is 2.51. The van der Waals surface area contributed by atoms with Gasteiger partial charge in [-0.1, -0.05) is 5.16 Å². The minimum atomic E-state index is -5.04. The van der Waals surface area contributed by atoms with Crippen molar-refractivity contribution in [3.05, 3.63) is 28.8 Å². The highest BCUT2D eigenvalue weighted by Crippen LogP contribution is 2.33. The molecule has 1 saturated heterocycles. The molecule has 0 aliphatic carbocycles. The van der Waals surface area contributed by atoms with E-state index in [9.17, 15) is 46.2 Å². The highest BCUT2D eigenvalue weighted by molar-refractivity contribution is 7.86. The zero-order valence-electron chi connectivity index (χ0n) is 21.1. The summed E-state index contributed by atoms with van der Waals surface area (Å²) in [7, 11) is -9.90. The summed E-state index contributed by atoms with van der Waals surface area (Å²) in [5, 5.41) is 26.3. The third-order valence-electron chi connectivity index (χ3n) is 5.42. The predicted molar refractivity (Wildman–Crippen MR) is 139 cm³/mol. The van der Waals surface area contributed by atoms with Crippen LogP contribution in [0.15, 0.2) is 27.6 Å². The second-order valence-electron chi connectivity index (χ2n) is 8.32. The van der Waals surface area contributed by atoms with Gasteiger partial charge in [-0.05, 0) is 26.0 Å². The Morgan fingerprint density at radius 3 is 2.33 bits per heavy atom. The maximum atomic E-state index is 12.9. The van der Waals surface area contributed by atoms with Crippen LogP contribution >= 0.6 is 11.3 Å². The third-order valence-corrected chi connectivity index (χ3v) is 7.97. The van der Waals surface area contributed by atoms with Crippen molar-refractivity contribution < 1.29 is 60.2 Å². The van der Waals surface area contributed by atoms with Crippen molar-refractivity contribution in [2.45, 2.75) is 36.9 Å². The number of carbonyl (C=O) groups is 4. The second-order valence-corrected chi connectivity index (χ2v) is 11.9. The molecular weight excluding hydrogens is 630 g/mol. The number of rotatable bonds is 9. The van der Waals surface area contributed by atoms with Crippen molar-refractivity contribution in [2.24, 2.45) is 5.16 Å². The van der Waals surface area contributed by atoms with E-state index in [1.165, 1.54) is 12.3 Å². The number of nitrogens with two attached hydrogens (primary N) is 1. The minimum Gasteiger partial charge on any atom is -0.504 e. The van der Waals surface area contributed by atoms with Crippen LogP contribution in [0.4, 0.5) is 5.13 Å². The summed E-state index contributed by atoms with van der Waals surface area (Å²) in [5.74, 6) is -6.78. The molecule has 1 aliphatic heterocycles. The van der Waals surface area contributed by atoms with E-state index in [-0.39, 0.29) is 15.1 Å². The van der Waals surface area contributed by atoms with Crippen molar-refractivity contribution in [3.63, 3.8) is 0 Å². The molecule has 2 heterocycles. The summed E-state index contributed by atoms with van der Waals surface area (Å²) in [5.41, 5.74) is 8.00. The van der Waals surface area contributed by atoms with Crippen LogP contribution in [0.5, 0.6) is 11.5 Å². The van der Waals surface area contributed by atoms with Gasteiger partial charge in [0.05, 0.1) is 6.04 Å². The van der Waals surface area contributed by atoms with Gasteiger partial charge in [-0.15, -0.1) is 11.3 Å². The number of β-lactam (4-membered cyclic amide) rings is 1. The molecular formula is C19H21N7O13S3. The number of anilines is 1. The number of benzene rings is 1.